The third kappa shape index (κ3) is 3.46. The molecule has 1 aliphatic rings. The van der Waals surface area contributed by atoms with Crippen LogP contribution >= 0.6 is 23.2 Å². The molecule has 1 N–H and O–H groups in total. The van der Waals surface area contributed by atoms with Crippen molar-refractivity contribution in [3.05, 3.63) is 63.1 Å². The number of halogens is 2. The molecule has 0 fully saturated rings. The fraction of sp³-hybridized carbons (Fsp3) is 0.167. The van der Waals surface area contributed by atoms with Crippen LogP contribution in [0, 0.1) is 18.3 Å². The number of amides is 2. The van der Waals surface area contributed by atoms with Crippen molar-refractivity contribution in [3.63, 3.8) is 0 Å². The number of nitrogens with one attached hydrogen (secondary N) is 1. The lowest BCUT2D eigenvalue weighted by molar-refractivity contribution is 0.247. The molecule has 2 amide bonds. The fourth-order valence-corrected chi connectivity index (χ4v) is 3.25. The predicted molar refractivity (Wildman–Crippen MR) is 99.5 cm³/mol. The first-order chi connectivity index (χ1) is 12.0. The first kappa shape index (κ1) is 17.3. The number of nitriles is 1. The Balaban J connectivity index is 2.04. The molecule has 126 valence electrons. The monoisotopic (exact) mass is 372 g/mol. The molecule has 0 radical (unpaired) electrons. The Morgan fingerprint density at radius 1 is 1.28 bits per heavy atom. The zero-order valence-electron chi connectivity index (χ0n) is 13.3. The highest BCUT2D eigenvalue weighted by atomic mass is 35.5. The van der Waals surface area contributed by atoms with E-state index in [-0.39, 0.29) is 6.03 Å². The molecule has 1 atom stereocenters. The van der Waals surface area contributed by atoms with E-state index in [0.717, 1.165) is 11.1 Å². The van der Waals surface area contributed by atoms with E-state index < -0.39 is 5.92 Å². The van der Waals surface area contributed by atoms with Gasteiger partial charge in [-0.05, 0) is 47.9 Å². The largest absolute Gasteiger partial charge is 0.342 e. The van der Waals surface area contributed by atoms with Gasteiger partial charge in [-0.15, -0.1) is 0 Å². The summed E-state index contributed by atoms with van der Waals surface area (Å²) < 4.78 is 0. The van der Waals surface area contributed by atoms with Crippen LogP contribution in [0.1, 0.15) is 22.6 Å². The fourth-order valence-electron chi connectivity index (χ4n) is 2.75. The molecule has 0 spiro atoms. The summed E-state index contributed by atoms with van der Waals surface area (Å²) in [4.78, 5) is 11.9. The van der Waals surface area contributed by atoms with E-state index in [9.17, 15) is 10.1 Å². The van der Waals surface area contributed by atoms with Crippen LogP contribution in [-0.4, -0.2) is 18.8 Å². The molecule has 2 aromatic carbocycles. The first-order valence-electron chi connectivity index (χ1n) is 7.57. The Hall–Kier alpha value is -2.55. The van der Waals surface area contributed by atoms with E-state index in [1.165, 1.54) is 5.01 Å². The second-order valence-corrected chi connectivity index (χ2v) is 6.41. The number of nitrogens with zero attached hydrogens (tertiary/aromatic N) is 3. The Morgan fingerprint density at radius 3 is 2.60 bits per heavy atom. The minimum Gasteiger partial charge on any atom is -0.331 e. The molecule has 2 aromatic rings. The van der Waals surface area contributed by atoms with Crippen molar-refractivity contribution in [2.45, 2.75) is 12.8 Å². The molecule has 25 heavy (non-hydrogen) atoms. The number of benzene rings is 2. The molecule has 0 saturated carbocycles. The number of aryl methyl sites for hydroxylation is 1. The zero-order chi connectivity index (χ0) is 18.0. The highest BCUT2D eigenvalue weighted by molar-refractivity contribution is 6.32. The molecule has 3 rings (SSSR count). The number of carbonyl (C=O) groups excluding carboxylic acids is 1. The lowest BCUT2D eigenvalue weighted by atomic mass is 9.89. The van der Waals surface area contributed by atoms with Crippen LogP contribution in [0.4, 0.5) is 10.5 Å². The molecule has 0 saturated heterocycles. The number of rotatable bonds is 3. The molecule has 1 heterocycles. The van der Waals surface area contributed by atoms with E-state index >= 15 is 0 Å². The highest BCUT2D eigenvalue weighted by Gasteiger charge is 2.23. The summed E-state index contributed by atoms with van der Waals surface area (Å²) in [5.74, 6) is -0.530. The molecule has 7 heteroatoms. The second-order valence-electron chi connectivity index (χ2n) is 5.57. The maximum absolute atomic E-state index is 11.9. The van der Waals surface area contributed by atoms with Gasteiger partial charge in [-0.1, -0.05) is 35.3 Å². The van der Waals surface area contributed by atoms with E-state index in [1.54, 1.807) is 30.5 Å². The smallest absolute Gasteiger partial charge is 0.331 e. The van der Waals surface area contributed by atoms with Crippen molar-refractivity contribution in [1.82, 2.24) is 5.32 Å². The molecule has 0 aromatic heterocycles. The van der Waals surface area contributed by atoms with Gasteiger partial charge in [0.15, 0.2) is 0 Å². The van der Waals surface area contributed by atoms with Crippen molar-refractivity contribution >= 4 is 41.1 Å². The molecule has 0 aliphatic carbocycles. The summed E-state index contributed by atoms with van der Waals surface area (Å²) in [6.45, 7) is 2.25. The standard InChI is InChI=1S/C18H14Cl2N4O/c1-11-8-14(24-18(25)22-6-7-23-24)9-16(20)17(11)15(10-21)12-2-4-13(19)5-3-12/h2-5,7-9,15H,6H2,1H3,(H,22,25). The van der Waals surface area contributed by atoms with Gasteiger partial charge in [-0.2, -0.15) is 15.4 Å². The minimum absolute atomic E-state index is 0.319. The van der Waals surface area contributed by atoms with Gasteiger partial charge in [0.05, 0.1) is 24.2 Å². The zero-order valence-corrected chi connectivity index (χ0v) is 14.8. The van der Waals surface area contributed by atoms with Crippen molar-refractivity contribution in [1.29, 1.82) is 5.26 Å². The third-order valence-corrected chi connectivity index (χ3v) is 4.49. The maximum atomic E-state index is 11.9. The van der Waals surface area contributed by atoms with Crippen LogP contribution in [0.15, 0.2) is 41.5 Å². The van der Waals surface area contributed by atoms with Gasteiger partial charge in [-0.3, -0.25) is 0 Å². The van der Waals surface area contributed by atoms with E-state index in [1.807, 2.05) is 19.1 Å². The molecular formula is C18H14Cl2N4O. The van der Waals surface area contributed by atoms with Crippen LogP contribution in [-0.2, 0) is 0 Å². The SMILES string of the molecule is Cc1cc(N2N=CCNC2=O)cc(Cl)c1C(C#N)c1ccc(Cl)cc1. The Morgan fingerprint density at radius 2 is 2.00 bits per heavy atom. The number of carbonyl (C=O) groups is 1. The van der Waals surface area contributed by atoms with Gasteiger partial charge in [0.2, 0.25) is 0 Å². The lowest BCUT2D eigenvalue weighted by Gasteiger charge is -2.23. The van der Waals surface area contributed by atoms with Crippen molar-refractivity contribution < 1.29 is 4.79 Å². The van der Waals surface area contributed by atoms with E-state index in [0.29, 0.717) is 27.8 Å². The van der Waals surface area contributed by atoms with Crippen molar-refractivity contribution in [3.8, 4) is 6.07 Å². The summed E-state index contributed by atoms with van der Waals surface area (Å²) in [7, 11) is 0. The molecule has 1 aliphatic heterocycles. The van der Waals surface area contributed by atoms with Gasteiger partial charge in [-0.25, -0.2) is 4.79 Å². The van der Waals surface area contributed by atoms with Crippen LogP contribution in [0.5, 0.6) is 0 Å². The number of hydrogen-bond acceptors (Lipinski definition) is 3. The Bertz CT molecular complexity index is 864. The van der Waals surface area contributed by atoms with Gasteiger partial charge in [0.25, 0.3) is 0 Å². The second kappa shape index (κ2) is 7.14. The Labute approximate surface area is 155 Å². The summed E-state index contributed by atoms with van der Waals surface area (Å²) in [5, 5.41) is 18.7. The average Bonchev–Trinajstić information content (AvgIpc) is 2.59. The quantitative estimate of drug-likeness (QED) is 0.862. The topological polar surface area (TPSA) is 68.5 Å². The third-order valence-electron chi connectivity index (χ3n) is 3.92. The van der Waals surface area contributed by atoms with E-state index in [2.05, 4.69) is 16.5 Å². The van der Waals surface area contributed by atoms with Crippen LogP contribution in [0.2, 0.25) is 10.0 Å². The van der Waals surface area contributed by atoms with Crippen LogP contribution in [0.3, 0.4) is 0 Å². The number of hydrazone groups is 1. The minimum atomic E-state index is -0.530. The number of anilines is 1. The van der Waals surface area contributed by atoms with Crippen LogP contribution < -0.4 is 10.3 Å². The normalized spacial score (nSPS) is 14.8. The van der Waals surface area contributed by atoms with Gasteiger partial charge >= 0.3 is 6.03 Å². The number of urea groups is 1. The summed E-state index contributed by atoms with van der Waals surface area (Å²) in [5.41, 5.74) is 2.86. The molecule has 5 nitrogen and oxygen atoms in total. The van der Waals surface area contributed by atoms with Gasteiger partial charge < -0.3 is 5.32 Å². The van der Waals surface area contributed by atoms with Gasteiger partial charge in [0, 0.05) is 16.3 Å². The maximum Gasteiger partial charge on any atom is 0.342 e. The highest BCUT2D eigenvalue weighted by Crippen LogP contribution is 2.36. The molecular weight excluding hydrogens is 359 g/mol. The summed E-state index contributed by atoms with van der Waals surface area (Å²) in [6, 6.07) is 12.5. The molecule has 0 bridgehead atoms. The summed E-state index contributed by atoms with van der Waals surface area (Å²) in [6.07, 6.45) is 1.60. The Kier molecular flexibility index (Phi) is 4.93. The molecule has 1 unspecified atom stereocenters. The lowest BCUT2D eigenvalue weighted by Crippen LogP contribution is -2.41. The van der Waals surface area contributed by atoms with E-state index in [4.69, 9.17) is 23.2 Å². The number of hydrogen-bond donors (Lipinski definition) is 1. The summed E-state index contributed by atoms with van der Waals surface area (Å²) >= 11 is 12.4. The average molecular weight is 373 g/mol. The van der Waals surface area contributed by atoms with Crippen molar-refractivity contribution in [2.24, 2.45) is 5.10 Å². The first-order valence-corrected chi connectivity index (χ1v) is 8.32. The van der Waals surface area contributed by atoms with Crippen molar-refractivity contribution in [2.75, 3.05) is 11.6 Å². The van der Waals surface area contributed by atoms with Crippen LogP contribution in [0.25, 0.3) is 0 Å². The predicted octanol–water partition coefficient (Wildman–Crippen LogP) is 4.47. The van der Waals surface area contributed by atoms with Gasteiger partial charge in [0.1, 0.15) is 0 Å².